The number of hydrogen-bond donors (Lipinski definition) is 1. The van der Waals surface area contributed by atoms with E-state index in [-0.39, 0.29) is 6.10 Å². The van der Waals surface area contributed by atoms with Gasteiger partial charge in [-0.05, 0) is 32.6 Å². The zero-order chi connectivity index (χ0) is 7.72. The van der Waals surface area contributed by atoms with E-state index in [1.165, 1.54) is 11.1 Å². The molecule has 0 aromatic rings. The Kier molecular flexibility index (Phi) is 2.14. The van der Waals surface area contributed by atoms with E-state index in [1.807, 2.05) is 0 Å². The molecule has 0 amide bonds. The average Bonchev–Trinajstić information content (AvgIpc) is 1.84. The van der Waals surface area contributed by atoms with Gasteiger partial charge in [0.05, 0.1) is 6.10 Å². The van der Waals surface area contributed by atoms with Crippen molar-refractivity contribution in [3.8, 4) is 0 Å². The van der Waals surface area contributed by atoms with E-state index in [0.29, 0.717) is 5.92 Å². The molecule has 1 heteroatoms. The highest BCUT2D eigenvalue weighted by molar-refractivity contribution is 5.15. The zero-order valence-electron chi connectivity index (χ0n) is 7.02. The van der Waals surface area contributed by atoms with Crippen LogP contribution in [0.2, 0.25) is 0 Å². The van der Waals surface area contributed by atoms with Crippen molar-refractivity contribution in [2.24, 2.45) is 5.92 Å². The van der Waals surface area contributed by atoms with Gasteiger partial charge in [0.15, 0.2) is 0 Å². The van der Waals surface area contributed by atoms with Gasteiger partial charge in [0.1, 0.15) is 0 Å². The SMILES string of the molecule is CC1=C(C)C[C@H](O)[C@H](C)C1. The summed E-state index contributed by atoms with van der Waals surface area (Å²) in [5.41, 5.74) is 2.85. The molecular formula is C9H16O. The van der Waals surface area contributed by atoms with Crippen molar-refractivity contribution in [3.63, 3.8) is 0 Å². The van der Waals surface area contributed by atoms with Crippen LogP contribution < -0.4 is 0 Å². The van der Waals surface area contributed by atoms with Gasteiger partial charge in [-0.3, -0.25) is 0 Å². The highest BCUT2D eigenvalue weighted by Gasteiger charge is 2.20. The molecule has 0 spiro atoms. The second-order valence-electron chi connectivity index (χ2n) is 3.51. The summed E-state index contributed by atoms with van der Waals surface area (Å²) in [6.45, 7) is 6.39. The summed E-state index contributed by atoms with van der Waals surface area (Å²) < 4.78 is 0. The summed E-state index contributed by atoms with van der Waals surface area (Å²) in [5, 5.41) is 9.43. The number of rotatable bonds is 0. The molecule has 0 aliphatic heterocycles. The lowest BCUT2D eigenvalue weighted by Gasteiger charge is -2.26. The van der Waals surface area contributed by atoms with Crippen LogP contribution in [0.3, 0.4) is 0 Å². The molecule has 1 nitrogen and oxygen atoms in total. The fraction of sp³-hybridized carbons (Fsp3) is 0.778. The molecule has 0 heterocycles. The molecule has 0 saturated heterocycles. The van der Waals surface area contributed by atoms with Crippen molar-refractivity contribution in [3.05, 3.63) is 11.1 Å². The normalized spacial score (nSPS) is 34.8. The Balaban J connectivity index is 2.69. The first kappa shape index (κ1) is 7.80. The van der Waals surface area contributed by atoms with Gasteiger partial charge in [0.2, 0.25) is 0 Å². The smallest absolute Gasteiger partial charge is 0.0605 e. The summed E-state index contributed by atoms with van der Waals surface area (Å²) >= 11 is 0. The first-order valence-corrected chi connectivity index (χ1v) is 3.94. The second kappa shape index (κ2) is 2.75. The summed E-state index contributed by atoms with van der Waals surface area (Å²) in [5.74, 6) is 0.462. The van der Waals surface area contributed by atoms with Gasteiger partial charge in [-0.15, -0.1) is 0 Å². The van der Waals surface area contributed by atoms with Gasteiger partial charge in [-0.1, -0.05) is 18.1 Å². The van der Waals surface area contributed by atoms with E-state index in [0.717, 1.165) is 12.8 Å². The predicted octanol–water partition coefficient (Wildman–Crippen LogP) is 2.11. The maximum atomic E-state index is 9.43. The van der Waals surface area contributed by atoms with Gasteiger partial charge in [-0.2, -0.15) is 0 Å². The maximum Gasteiger partial charge on any atom is 0.0605 e. The van der Waals surface area contributed by atoms with Crippen molar-refractivity contribution < 1.29 is 5.11 Å². The van der Waals surface area contributed by atoms with E-state index >= 15 is 0 Å². The van der Waals surface area contributed by atoms with Crippen molar-refractivity contribution in [1.29, 1.82) is 0 Å². The number of hydrogen-bond acceptors (Lipinski definition) is 1. The fourth-order valence-electron chi connectivity index (χ4n) is 1.48. The Bertz CT molecular complexity index is 140. The Morgan fingerprint density at radius 3 is 2.20 bits per heavy atom. The van der Waals surface area contributed by atoms with Crippen LogP contribution in [0.4, 0.5) is 0 Å². The lowest BCUT2D eigenvalue weighted by atomic mass is 9.84. The maximum absolute atomic E-state index is 9.43. The van der Waals surface area contributed by atoms with Crippen LogP contribution >= 0.6 is 0 Å². The Labute approximate surface area is 62.8 Å². The van der Waals surface area contributed by atoms with Crippen LogP contribution in [0.15, 0.2) is 11.1 Å². The zero-order valence-corrected chi connectivity index (χ0v) is 7.02. The molecule has 1 N–H and O–H groups in total. The van der Waals surface area contributed by atoms with Gasteiger partial charge in [-0.25, -0.2) is 0 Å². The van der Waals surface area contributed by atoms with E-state index < -0.39 is 0 Å². The molecular weight excluding hydrogens is 124 g/mol. The van der Waals surface area contributed by atoms with Gasteiger partial charge >= 0.3 is 0 Å². The summed E-state index contributed by atoms with van der Waals surface area (Å²) in [6.07, 6.45) is 1.86. The van der Waals surface area contributed by atoms with Crippen LogP contribution in [-0.2, 0) is 0 Å². The van der Waals surface area contributed by atoms with Crippen molar-refractivity contribution >= 4 is 0 Å². The van der Waals surface area contributed by atoms with Crippen molar-refractivity contribution in [2.75, 3.05) is 0 Å². The van der Waals surface area contributed by atoms with E-state index in [4.69, 9.17) is 0 Å². The highest BCUT2D eigenvalue weighted by Crippen LogP contribution is 2.28. The van der Waals surface area contributed by atoms with Crippen LogP contribution in [-0.4, -0.2) is 11.2 Å². The minimum Gasteiger partial charge on any atom is -0.393 e. The third-order valence-corrected chi connectivity index (χ3v) is 2.53. The molecule has 0 aromatic heterocycles. The molecule has 0 saturated carbocycles. The molecule has 0 radical (unpaired) electrons. The fourth-order valence-corrected chi connectivity index (χ4v) is 1.48. The lowest BCUT2D eigenvalue weighted by molar-refractivity contribution is 0.109. The Morgan fingerprint density at radius 1 is 1.20 bits per heavy atom. The van der Waals surface area contributed by atoms with Crippen LogP contribution in [0.5, 0.6) is 0 Å². The minimum absolute atomic E-state index is 0.0938. The van der Waals surface area contributed by atoms with E-state index in [2.05, 4.69) is 20.8 Å². The molecule has 1 rings (SSSR count). The Hall–Kier alpha value is -0.300. The monoisotopic (exact) mass is 140 g/mol. The topological polar surface area (TPSA) is 20.2 Å². The highest BCUT2D eigenvalue weighted by atomic mass is 16.3. The summed E-state index contributed by atoms with van der Waals surface area (Å²) in [7, 11) is 0. The molecule has 0 bridgehead atoms. The molecule has 2 atom stereocenters. The molecule has 0 fully saturated rings. The molecule has 1 aliphatic carbocycles. The lowest BCUT2D eigenvalue weighted by Crippen LogP contribution is -2.22. The number of aliphatic hydroxyl groups excluding tert-OH is 1. The van der Waals surface area contributed by atoms with Crippen LogP contribution in [0.25, 0.3) is 0 Å². The van der Waals surface area contributed by atoms with E-state index in [1.54, 1.807) is 0 Å². The minimum atomic E-state index is -0.0938. The van der Waals surface area contributed by atoms with Gasteiger partial charge in [0.25, 0.3) is 0 Å². The standard InChI is InChI=1S/C9H16O/c1-6-4-8(3)9(10)5-7(6)2/h8-10H,4-5H2,1-3H3/t8-,9+/m1/s1. The first-order valence-electron chi connectivity index (χ1n) is 3.94. The van der Waals surface area contributed by atoms with Crippen molar-refractivity contribution in [2.45, 2.75) is 39.7 Å². The number of aliphatic hydroxyl groups is 1. The van der Waals surface area contributed by atoms with Gasteiger partial charge < -0.3 is 5.11 Å². The average molecular weight is 140 g/mol. The molecule has 0 aromatic carbocycles. The predicted molar refractivity (Wildman–Crippen MR) is 42.8 cm³/mol. The van der Waals surface area contributed by atoms with Crippen molar-refractivity contribution in [1.82, 2.24) is 0 Å². The first-order chi connectivity index (χ1) is 4.61. The third-order valence-electron chi connectivity index (χ3n) is 2.53. The summed E-state index contributed by atoms with van der Waals surface area (Å²) in [6, 6.07) is 0. The third kappa shape index (κ3) is 1.40. The van der Waals surface area contributed by atoms with E-state index in [9.17, 15) is 5.11 Å². The largest absolute Gasteiger partial charge is 0.393 e. The number of allylic oxidation sites excluding steroid dienone is 1. The van der Waals surface area contributed by atoms with Crippen LogP contribution in [0, 0.1) is 5.92 Å². The van der Waals surface area contributed by atoms with Gasteiger partial charge in [0, 0.05) is 0 Å². The molecule has 1 aliphatic rings. The molecule has 0 unspecified atom stereocenters. The van der Waals surface area contributed by atoms with Crippen LogP contribution in [0.1, 0.15) is 33.6 Å². The molecule has 58 valence electrons. The quantitative estimate of drug-likeness (QED) is 0.511. The Morgan fingerprint density at radius 2 is 1.70 bits per heavy atom. The molecule has 10 heavy (non-hydrogen) atoms. The second-order valence-corrected chi connectivity index (χ2v) is 3.51. The summed E-state index contributed by atoms with van der Waals surface area (Å²) in [4.78, 5) is 0.